The first kappa shape index (κ1) is 21.5. The Kier molecular flexibility index (Phi) is 7.59. The van der Waals surface area contributed by atoms with Gasteiger partial charge in [-0.05, 0) is 49.4 Å². The van der Waals surface area contributed by atoms with E-state index in [9.17, 15) is 14.9 Å². The lowest BCUT2D eigenvalue weighted by molar-refractivity contribution is -0.148. The third-order valence-electron chi connectivity index (χ3n) is 4.43. The Balaban J connectivity index is 2.01. The smallest absolute Gasteiger partial charge is 0.349 e. The Morgan fingerprint density at radius 1 is 1.39 bits per heavy atom. The Bertz CT molecular complexity index is 904. The van der Waals surface area contributed by atoms with E-state index in [0.717, 1.165) is 34.8 Å². The summed E-state index contributed by atoms with van der Waals surface area (Å²) in [6.07, 6.45) is 2.52. The summed E-state index contributed by atoms with van der Waals surface area (Å²) in [4.78, 5) is 27.0. The second kappa shape index (κ2) is 9.90. The van der Waals surface area contributed by atoms with Gasteiger partial charge in [-0.15, -0.1) is 11.3 Å². The number of hydrogen-bond acceptors (Lipinski definition) is 5. The van der Waals surface area contributed by atoms with Crippen LogP contribution in [0, 0.1) is 25.2 Å². The monoisotopic (exact) mass is 399 g/mol. The van der Waals surface area contributed by atoms with Crippen LogP contribution in [-0.2, 0) is 27.4 Å². The van der Waals surface area contributed by atoms with Gasteiger partial charge >= 0.3 is 5.97 Å². The molecule has 2 aromatic heterocycles. The molecule has 2 rings (SSSR count). The topological polar surface area (TPSA) is 75.3 Å². The maximum atomic E-state index is 12.3. The summed E-state index contributed by atoms with van der Waals surface area (Å²) in [5.74, 6) is -1.11. The number of carbonyl (C=O) groups is 2. The number of nitriles is 1. The summed E-state index contributed by atoms with van der Waals surface area (Å²) in [5, 5.41) is 11.3. The first-order valence-electron chi connectivity index (χ1n) is 9.09. The molecule has 0 bridgehead atoms. The van der Waals surface area contributed by atoms with Crippen molar-refractivity contribution in [2.45, 2.75) is 40.3 Å². The molecule has 0 saturated carbocycles. The van der Waals surface area contributed by atoms with Gasteiger partial charge in [0.2, 0.25) is 0 Å². The molecule has 6 nitrogen and oxygen atoms in total. The van der Waals surface area contributed by atoms with Gasteiger partial charge in [0.25, 0.3) is 5.91 Å². The third kappa shape index (κ3) is 5.33. The van der Waals surface area contributed by atoms with E-state index in [-0.39, 0.29) is 11.5 Å². The molecule has 0 atom stereocenters. The number of aromatic nitrogens is 1. The lowest BCUT2D eigenvalue weighted by Crippen LogP contribution is -2.30. The number of aryl methyl sites for hydroxylation is 1. The first-order valence-corrected chi connectivity index (χ1v) is 9.97. The quantitative estimate of drug-likeness (QED) is 0.385. The second-order valence-electron chi connectivity index (χ2n) is 6.55. The maximum absolute atomic E-state index is 12.3. The molecule has 0 aromatic carbocycles. The molecular formula is C21H25N3O3S. The normalized spacial score (nSPS) is 11.2. The highest BCUT2D eigenvalue weighted by Crippen LogP contribution is 2.19. The molecule has 2 heterocycles. The zero-order valence-electron chi connectivity index (χ0n) is 16.7. The van der Waals surface area contributed by atoms with Crippen molar-refractivity contribution in [3.63, 3.8) is 0 Å². The van der Waals surface area contributed by atoms with E-state index >= 15 is 0 Å². The molecule has 7 heteroatoms. The van der Waals surface area contributed by atoms with Gasteiger partial charge < -0.3 is 14.2 Å². The molecule has 0 spiro atoms. The fourth-order valence-corrected chi connectivity index (χ4v) is 3.63. The van der Waals surface area contributed by atoms with Crippen molar-refractivity contribution in [1.82, 2.24) is 9.47 Å². The Labute approximate surface area is 169 Å². The van der Waals surface area contributed by atoms with Crippen molar-refractivity contribution in [1.29, 1.82) is 5.26 Å². The third-order valence-corrected chi connectivity index (χ3v) is 5.29. The molecule has 28 heavy (non-hydrogen) atoms. The van der Waals surface area contributed by atoms with Crippen LogP contribution in [0.2, 0.25) is 0 Å². The molecule has 0 aliphatic carbocycles. The van der Waals surface area contributed by atoms with Crippen LogP contribution >= 0.6 is 11.3 Å². The van der Waals surface area contributed by atoms with Crippen molar-refractivity contribution >= 4 is 29.3 Å². The number of thiophene rings is 1. The molecular weight excluding hydrogens is 374 g/mol. The average molecular weight is 400 g/mol. The fraction of sp³-hybridized carbons (Fsp3) is 0.381. The predicted molar refractivity (Wildman–Crippen MR) is 110 cm³/mol. The van der Waals surface area contributed by atoms with Crippen molar-refractivity contribution in [3.05, 3.63) is 51.0 Å². The van der Waals surface area contributed by atoms with E-state index in [4.69, 9.17) is 4.74 Å². The molecule has 0 radical (unpaired) electrons. The Morgan fingerprint density at radius 2 is 2.14 bits per heavy atom. The Morgan fingerprint density at radius 3 is 2.75 bits per heavy atom. The lowest BCUT2D eigenvalue weighted by Gasteiger charge is -2.16. The highest BCUT2D eigenvalue weighted by molar-refractivity contribution is 7.09. The Hall–Kier alpha value is -2.85. The van der Waals surface area contributed by atoms with E-state index in [1.807, 2.05) is 43.5 Å². The summed E-state index contributed by atoms with van der Waals surface area (Å²) >= 11 is 1.55. The summed E-state index contributed by atoms with van der Waals surface area (Å²) in [6.45, 7) is 6.99. The number of ether oxygens (including phenoxy) is 1. The molecule has 1 amide bonds. The van der Waals surface area contributed by atoms with E-state index in [1.165, 1.54) is 11.0 Å². The minimum atomic E-state index is -0.791. The number of amides is 1. The summed E-state index contributed by atoms with van der Waals surface area (Å²) in [7, 11) is 1.65. The van der Waals surface area contributed by atoms with Crippen LogP contribution in [0.1, 0.15) is 35.2 Å². The van der Waals surface area contributed by atoms with Crippen LogP contribution in [0.5, 0.6) is 0 Å². The van der Waals surface area contributed by atoms with Crippen LogP contribution < -0.4 is 0 Å². The minimum Gasteiger partial charge on any atom is -0.451 e. The molecule has 0 fully saturated rings. The molecule has 0 aliphatic rings. The second-order valence-corrected chi connectivity index (χ2v) is 7.59. The van der Waals surface area contributed by atoms with E-state index in [0.29, 0.717) is 6.54 Å². The maximum Gasteiger partial charge on any atom is 0.349 e. The fourth-order valence-electron chi connectivity index (χ4n) is 2.87. The van der Waals surface area contributed by atoms with E-state index in [1.54, 1.807) is 18.4 Å². The van der Waals surface area contributed by atoms with Crippen LogP contribution in [0.3, 0.4) is 0 Å². The molecule has 0 N–H and O–H groups in total. The van der Waals surface area contributed by atoms with E-state index < -0.39 is 12.6 Å². The molecule has 0 unspecified atom stereocenters. The number of carbonyl (C=O) groups excluding carboxylic acids is 2. The highest BCUT2D eigenvalue weighted by Gasteiger charge is 2.17. The van der Waals surface area contributed by atoms with Crippen molar-refractivity contribution in [3.8, 4) is 6.07 Å². The first-order chi connectivity index (χ1) is 13.4. The average Bonchev–Trinajstić information content (AvgIpc) is 3.27. The van der Waals surface area contributed by atoms with Crippen LogP contribution in [-0.4, -0.2) is 35.0 Å². The summed E-state index contributed by atoms with van der Waals surface area (Å²) in [6, 6.07) is 7.67. The standard InChI is InChI=1S/C21H25N3O3S/c1-5-8-24-15(2)10-17(16(24)3)11-18(12-22)21(26)27-14-20(25)23(4)13-19-7-6-9-28-19/h6-7,9-11H,5,8,13-14H2,1-4H3/b18-11-. The van der Waals surface area contributed by atoms with Gasteiger partial charge in [0.05, 0.1) is 6.54 Å². The highest BCUT2D eigenvalue weighted by atomic mass is 32.1. The van der Waals surface area contributed by atoms with Crippen molar-refractivity contribution in [2.24, 2.45) is 0 Å². The number of likely N-dealkylation sites (N-methyl/N-ethyl adjacent to an activating group) is 1. The van der Waals surface area contributed by atoms with Crippen LogP contribution in [0.25, 0.3) is 6.08 Å². The number of esters is 1. The van der Waals surface area contributed by atoms with Crippen molar-refractivity contribution in [2.75, 3.05) is 13.7 Å². The van der Waals surface area contributed by atoms with Gasteiger partial charge in [0, 0.05) is 29.9 Å². The SMILES string of the molecule is CCCn1c(C)cc(/C=C(/C#N)C(=O)OCC(=O)N(C)Cc2cccs2)c1C. The molecule has 0 aliphatic heterocycles. The van der Waals surface area contributed by atoms with Crippen LogP contribution in [0.15, 0.2) is 29.2 Å². The van der Waals surface area contributed by atoms with Gasteiger partial charge in [-0.2, -0.15) is 5.26 Å². The van der Waals surface area contributed by atoms with Gasteiger partial charge in [-0.25, -0.2) is 4.79 Å². The van der Waals surface area contributed by atoms with E-state index in [2.05, 4.69) is 11.5 Å². The zero-order valence-corrected chi connectivity index (χ0v) is 17.5. The predicted octanol–water partition coefficient (Wildman–Crippen LogP) is 3.69. The number of rotatable bonds is 8. The van der Waals surface area contributed by atoms with Crippen LogP contribution in [0.4, 0.5) is 0 Å². The lowest BCUT2D eigenvalue weighted by atomic mass is 10.1. The number of nitrogens with zero attached hydrogens (tertiary/aromatic N) is 3. The molecule has 148 valence electrons. The molecule has 2 aromatic rings. The van der Waals surface area contributed by atoms with Gasteiger partial charge in [-0.1, -0.05) is 13.0 Å². The van der Waals surface area contributed by atoms with Gasteiger partial charge in [0.1, 0.15) is 11.6 Å². The largest absolute Gasteiger partial charge is 0.451 e. The molecule has 0 saturated heterocycles. The van der Waals surface area contributed by atoms with Crippen molar-refractivity contribution < 1.29 is 14.3 Å². The number of hydrogen-bond donors (Lipinski definition) is 0. The van der Waals surface area contributed by atoms with Gasteiger partial charge in [-0.3, -0.25) is 4.79 Å². The minimum absolute atomic E-state index is 0.120. The zero-order chi connectivity index (χ0) is 20.7. The summed E-state index contributed by atoms with van der Waals surface area (Å²) in [5.41, 5.74) is 2.75. The summed E-state index contributed by atoms with van der Waals surface area (Å²) < 4.78 is 7.22. The van der Waals surface area contributed by atoms with Gasteiger partial charge in [0.15, 0.2) is 6.61 Å².